The number of rotatable bonds is 3. The zero-order valence-electron chi connectivity index (χ0n) is 16.5. The number of hydrogen-bond acceptors (Lipinski definition) is 6. The lowest BCUT2D eigenvalue weighted by molar-refractivity contribution is 1.11. The molecule has 0 unspecified atom stereocenters. The molecule has 6 heterocycles. The van der Waals surface area contributed by atoms with Gasteiger partial charge < -0.3 is 10.7 Å². The monoisotopic (exact) mass is 423 g/mol. The molecule has 0 radical (unpaired) electrons. The molecule has 8 heteroatoms. The van der Waals surface area contributed by atoms with Gasteiger partial charge in [0.25, 0.3) is 0 Å². The highest BCUT2D eigenvalue weighted by molar-refractivity contribution is 7.15. The van der Waals surface area contributed by atoms with Gasteiger partial charge in [-0.2, -0.15) is 5.10 Å². The largest absolute Gasteiger partial charge is 0.397 e. The molecule has 31 heavy (non-hydrogen) atoms. The van der Waals surface area contributed by atoms with Gasteiger partial charge in [-0.15, -0.1) is 11.3 Å². The van der Waals surface area contributed by atoms with Crippen LogP contribution in [0.5, 0.6) is 0 Å². The Bertz CT molecular complexity index is 1570. The maximum absolute atomic E-state index is 5.90. The van der Waals surface area contributed by atoms with E-state index in [9.17, 15) is 0 Å². The van der Waals surface area contributed by atoms with Crippen molar-refractivity contribution in [3.8, 4) is 33.2 Å². The van der Waals surface area contributed by atoms with Crippen molar-refractivity contribution in [2.75, 3.05) is 5.73 Å². The molecule has 0 spiro atoms. The summed E-state index contributed by atoms with van der Waals surface area (Å²) in [5.41, 5.74) is 12.8. The summed E-state index contributed by atoms with van der Waals surface area (Å²) in [6.45, 7) is 2.11. The third-order valence-corrected chi connectivity index (χ3v) is 6.29. The summed E-state index contributed by atoms with van der Waals surface area (Å²) in [5, 5.41) is 9.70. The number of nitrogens with two attached hydrogens (primary N) is 1. The maximum Gasteiger partial charge on any atom is 0.116 e. The van der Waals surface area contributed by atoms with E-state index in [1.807, 2.05) is 24.4 Å². The van der Waals surface area contributed by atoms with Gasteiger partial charge in [0.1, 0.15) is 5.69 Å². The van der Waals surface area contributed by atoms with Gasteiger partial charge in [0.05, 0.1) is 39.4 Å². The van der Waals surface area contributed by atoms with Crippen LogP contribution < -0.4 is 5.73 Å². The Morgan fingerprint density at radius 1 is 0.903 bits per heavy atom. The normalized spacial score (nSPS) is 11.5. The quantitative estimate of drug-likeness (QED) is 0.363. The van der Waals surface area contributed by atoms with Crippen molar-refractivity contribution in [1.82, 2.24) is 30.1 Å². The van der Waals surface area contributed by atoms with Crippen LogP contribution in [0.25, 0.3) is 55.0 Å². The number of aromatic amines is 2. The first-order valence-electron chi connectivity index (χ1n) is 9.75. The number of anilines is 1. The van der Waals surface area contributed by atoms with Crippen molar-refractivity contribution in [3.63, 3.8) is 0 Å². The van der Waals surface area contributed by atoms with Crippen molar-refractivity contribution < 1.29 is 0 Å². The number of H-pyrrole nitrogens is 2. The summed E-state index contributed by atoms with van der Waals surface area (Å²) < 4.78 is 0. The lowest BCUT2D eigenvalue weighted by Crippen LogP contribution is -1.89. The van der Waals surface area contributed by atoms with Gasteiger partial charge in [0.15, 0.2) is 0 Å². The molecule has 0 aliphatic carbocycles. The predicted molar refractivity (Wildman–Crippen MR) is 125 cm³/mol. The lowest BCUT2D eigenvalue weighted by atomic mass is 10.1. The average molecular weight is 424 g/mol. The number of nitrogen functional groups attached to an aromatic ring is 1. The van der Waals surface area contributed by atoms with Gasteiger partial charge in [-0.05, 0) is 43.3 Å². The summed E-state index contributed by atoms with van der Waals surface area (Å²) in [6, 6.07) is 12.2. The van der Waals surface area contributed by atoms with Crippen LogP contribution in [0.1, 0.15) is 4.88 Å². The highest BCUT2D eigenvalue weighted by atomic mass is 32.1. The molecule has 0 aliphatic heterocycles. The Morgan fingerprint density at radius 3 is 2.65 bits per heavy atom. The molecule has 6 rings (SSSR count). The van der Waals surface area contributed by atoms with Crippen molar-refractivity contribution in [1.29, 1.82) is 0 Å². The highest BCUT2D eigenvalue weighted by Crippen LogP contribution is 2.35. The van der Waals surface area contributed by atoms with Crippen LogP contribution in [0.3, 0.4) is 0 Å². The van der Waals surface area contributed by atoms with E-state index in [4.69, 9.17) is 5.73 Å². The Balaban J connectivity index is 1.51. The molecule has 0 atom stereocenters. The number of pyridine rings is 3. The topological polar surface area (TPSA) is 109 Å². The van der Waals surface area contributed by atoms with E-state index in [0.29, 0.717) is 5.69 Å². The molecule has 150 valence electrons. The fraction of sp³-hybridized carbons (Fsp3) is 0.0435. The van der Waals surface area contributed by atoms with Crippen LogP contribution in [0.15, 0.2) is 61.2 Å². The zero-order valence-corrected chi connectivity index (χ0v) is 17.4. The first-order chi connectivity index (χ1) is 15.2. The summed E-state index contributed by atoms with van der Waals surface area (Å²) in [7, 11) is 0. The van der Waals surface area contributed by atoms with E-state index in [0.717, 1.165) is 55.0 Å². The van der Waals surface area contributed by atoms with Gasteiger partial charge in [-0.25, -0.2) is 0 Å². The minimum Gasteiger partial charge on any atom is -0.397 e. The first kappa shape index (κ1) is 17.8. The van der Waals surface area contributed by atoms with E-state index in [1.54, 1.807) is 29.9 Å². The number of fused-ring (bicyclic) bond motifs is 2. The number of nitrogens with one attached hydrogen (secondary N) is 2. The molecule has 0 saturated heterocycles. The Morgan fingerprint density at radius 2 is 1.81 bits per heavy atom. The van der Waals surface area contributed by atoms with Crippen LogP contribution in [-0.4, -0.2) is 30.1 Å². The number of aryl methyl sites for hydroxylation is 1. The summed E-state index contributed by atoms with van der Waals surface area (Å²) in [5.74, 6) is 0. The van der Waals surface area contributed by atoms with Crippen molar-refractivity contribution in [2.24, 2.45) is 0 Å². The Kier molecular flexibility index (Phi) is 3.87. The Labute approximate surface area is 181 Å². The van der Waals surface area contributed by atoms with E-state index >= 15 is 0 Å². The fourth-order valence-corrected chi connectivity index (χ4v) is 4.70. The highest BCUT2D eigenvalue weighted by Gasteiger charge is 2.16. The molecule has 0 saturated carbocycles. The van der Waals surface area contributed by atoms with Crippen LogP contribution in [0.2, 0.25) is 0 Å². The van der Waals surface area contributed by atoms with Gasteiger partial charge in [0, 0.05) is 45.3 Å². The van der Waals surface area contributed by atoms with Crippen LogP contribution in [-0.2, 0) is 0 Å². The third-order valence-electron chi connectivity index (χ3n) is 5.28. The standard InChI is InChI=1S/C23H17N7S/c1-12-2-3-21(31-12)23-15-8-19(28-17(15)4-5-26-23)22-16-7-18(27-11-20(16)29-30-22)13-6-14(24)10-25-9-13/h2-11,28H,24H2,1H3,(H,29,30). The minimum absolute atomic E-state index is 0.603. The first-order valence-corrected chi connectivity index (χ1v) is 10.6. The molecule has 0 bridgehead atoms. The van der Waals surface area contributed by atoms with Crippen LogP contribution in [0.4, 0.5) is 5.69 Å². The molecule has 0 aromatic carbocycles. The maximum atomic E-state index is 5.90. The zero-order chi connectivity index (χ0) is 20.9. The number of nitrogens with zero attached hydrogens (tertiary/aromatic N) is 4. The predicted octanol–water partition coefficient (Wildman–Crippen LogP) is 5.18. The minimum atomic E-state index is 0.603. The molecule has 0 amide bonds. The molecular weight excluding hydrogens is 406 g/mol. The lowest BCUT2D eigenvalue weighted by Gasteiger charge is -2.02. The van der Waals surface area contributed by atoms with Gasteiger partial charge in [-0.3, -0.25) is 20.1 Å². The van der Waals surface area contributed by atoms with Crippen LogP contribution in [0, 0.1) is 6.92 Å². The summed E-state index contributed by atoms with van der Waals surface area (Å²) in [6.07, 6.45) is 7.00. The third kappa shape index (κ3) is 2.96. The molecule has 6 aromatic heterocycles. The molecule has 7 nitrogen and oxygen atoms in total. The van der Waals surface area contributed by atoms with E-state index < -0.39 is 0 Å². The van der Waals surface area contributed by atoms with Crippen molar-refractivity contribution >= 4 is 38.8 Å². The molecule has 0 fully saturated rings. The van der Waals surface area contributed by atoms with Gasteiger partial charge in [-0.1, -0.05) is 0 Å². The van der Waals surface area contributed by atoms with Crippen LogP contribution >= 0.6 is 11.3 Å². The van der Waals surface area contributed by atoms with Crippen molar-refractivity contribution in [2.45, 2.75) is 6.92 Å². The SMILES string of the molecule is Cc1ccc(-c2nccc3[nH]c(-c4n[nH]c5cnc(-c6cncc(N)c6)cc45)cc23)s1. The molecule has 6 aromatic rings. The summed E-state index contributed by atoms with van der Waals surface area (Å²) in [4.78, 5) is 19.3. The van der Waals surface area contributed by atoms with E-state index in [1.165, 1.54) is 4.88 Å². The van der Waals surface area contributed by atoms with Gasteiger partial charge in [0.2, 0.25) is 0 Å². The summed E-state index contributed by atoms with van der Waals surface area (Å²) >= 11 is 1.74. The van der Waals surface area contributed by atoms with E-state index in [2.05, 4.69) is 55.3 Å². The smallest absolute Gasteiger partial charge is 0.116 e. The van der Waals surface area contributed by atoms with E-state index in [-0.39, 0.29) is 0 Å². The number of thiophene rings is 1. The second-order valence-corrected chi connectivity index (χ2v) is 8.70. The fourth-order valence-electron chi connectivity index (χ4n) is 3.82. The second kappa shape index (κ2) is 6.75. The molecular formula is C23H17N7S. The molecule has 4 N–H and O–H groups in total. The average Bonchev–Trinajstić information content (AvgIpc) is 3.50. The van der Waals surface area contributed by atoms with Crippen molar-refractivity contribution in [3.05, 3.63) is 66.1 Å². The number of aromatic nitrogens is 6. The second-order valence-electron chi connectivity index (χ2n) is 7.41. The van der Waals surface area contributed by atoms with Gasteiger partial charge >= 0.3 is 0 Å². The number of hydrogen-bond donors (Lipinski definition) is 3. The molecule has 0 aliphatic rings. The Hall–Kier alpha value is -4.04.